The van der Waals surface area contributed by atoms with Crippen LogP contribution in [0.25, 0.3) is 0 Å². The van der Waals surface area contributed by atoms with Gasteiger partial charge in [-0.2, -0.15) is 0 Å². The Kier molecular flexibility index (Phi) is 9.41. The molecule has 9 nitrogen and oxygen atoms in total. The minimum absolute atomic E-state index is 0.0476. The highest BCUT2D eigenvalue weighted by atomic mass is 16.5. The van der Waals surface area contributed by atoms with E-state index in [1.54, 1.807) is 66.7 Å². The van der Waals surface area contributed by atoms with Crippen molar-refractivity contribution >= 4 is 23.4 Å². The Hall–Kier alpha value is -3.46. The molecule has 0 bridgehead atoms. The van der Waals surface area contributed by atoms with Crippen molar-refractivity contribution in [2.45, 2.75) is 45.8 Å². The molecular weight excluding hydrogens is 460 g/mol. The van der Waals surface area contributed by atoms with Crippen molar-refractivity contribution < 1.29 is 23.9 Å². The third-order valence-electron chi connectivity index (χ3n) is 6.40. The molecule has 0 saturated heterocycles. The summed E-state index contributed by atoms with van der Waals surface area (Å²) in [6.45, 7) is 6.79. The molecule has 3 amide bonds. The molecule has 0 spiro atoms. The number of ether oxygens (including phenoxy) is 2. The highest BCUT2D eigenvalue weighted by Gasteiger charge is 2.30. The van der Waals surface area contributed by atoms with Gasteiger partial charge in [0, 0.05) is 69.3 Å². The molecule has 194 valence electrons. The Labute approximate surface area is 212 Å². The lowest BCUT2D eigenvalue weighted by Gasteiger charge is -2.36. The van der Waals surface area contributed by atoms with Gasteiger partial charge in [-0.1, -0.05) is 13.8 Å². The van der Waals surface area contributed by atoms with E-state index < -0.39 is 0 Å². The van der Waals surface area contributed by atoms with Crippen molar-refractivity contribution in [2.75, 3.05) is 39.2 Å². The highest BCUT2D eigenvalue weighted by Crippen LogP contribution is 2.27. The van der Waals surface area contributed by atoms with E-state index in [4.69, 9.17) is 9.47 Å². The maximum absolute atomic E-state index is 13.5. The molecule has 0 saturated carbocycles. The first kappa shape index (κ1) is 27.1. The fourth-order valence-corrected chi connectivity index (χ4v) is 4.24. The molecule has 36 heavy (non-hydrogen) atoms. The van der Waals surface area contributed by atoms with E-state index in [0.717, 1.165) is 6.42 Å². The van der Waals surface area contributed by atoms with Gasteiger partial charge in [0.25, 0.3) is 11.8 Å². The van der Waals surface area contributed by atoms with E-state index in [1.807, 2.05) is 20.8 Å². The first-order chi connectivity index (χ1) is 17.2. The Bertz CT molecular complexity index is 1060. The average Bonchev–Trinajstić information content (AvgIpc) is 2.88. The second-order valence-electron chi connectivity index (χ2n) is 9.30. The van der Waals surface area contributed by atoms with Gasteiger partial charge >= 0.3 is 0 Å². The number of aromatic nitrogens is 1. The molecule has 1 N–H and O–H groups in total. The molecule has 3 atom stereocenters. The molecule has 1 aliphatic heterocycles. The van der Waals surface area contributed by atoms with Crippen LogP contribution in [0.4, 0.5) is 5.69 Å². The molecule has 0 aliphatic carbocycles. The number of fused-ring (bicyclic) bond motifs is 1. The Morgan fingerprint density at radius 3 is 2.56 bits per heavy atom. The summed E-state index contributed by atoms with van der Waals surface area (Å²) < 4.78 is 11.9. The lowest BCUT2D eigenvalue weighted by Crippen LogP contribution is -2.48. The molecule has 1 aliphatic rings. The number of carbonyl (C=O) groups excluding carboxylic acids is 3. The maximum Gasteiger partial charge on any atom is 0.257 e. The fraction of sp³-hybridized carbons (Fsp3) is 0.481. The van der Waals surface area contributed by atoms with E-state index in [2.05, 4.69) is 10.3 Å². The summed E-state index contributed by atoms with van der Waals surface area (Å²) in [7, 11) is 3.34. The van der Waals surface area contributed by atoms with Crippen LogP contribution < -0.4 is 10.1 Å². The molecule has 2 aromatic rings. The SMILES string of the molecule is CCCC(=O)Nc1ccc2c(c1)OC[C@@H](C)N(C(=O)c1ccncc1)C[C@@H](C)[C@@H](OC)CN(C)C2=O. The molecule has 0 unspecified atom stereocenters. The van der Waals surface area contributed by atoms with Crippen LogP contribution in [0.2, 0.25) is 0 Å². The van der Waals surface area contributed by atoms with E-state index in [0.29, 0.717) is 42.1 Å². The predicted octanol–water partition coefficient (Wildman–Crippen LogP) is 3.47. The summed E-state index contributed by atoms with van der Waals surface area (Å²) in [5, 5.41) is 2.85. The molecule has 1 aromatic heterocycles. The molecule has 1 aromatic carbocycles. The highest BCUT2D eigenvalue weighted by molar-refractivity contribution is 5.98. The molecule has 0 fully saturated rings. The zero-order valence-corrected chi connectivity index (χ0v) is 21.7. The molecule has 2 heterocycles. The largest absolute Gasteiger partial charge is 0.491 e. The van der Waals surface area contributed by atoms with Gasteiger partial charge in [-0.3, -0.25) is 19.4 Å². The summed E-state index contributed by atoms with van der Waals surface area (Å²) >= 11 is 0. The normalized spacial score (nSPS) is 21.0. The van der Waals surface area contributed by atoms with E-state index in [9.17, 15) is 14.4 Å². The number of nitrogens with one attached hydrogen (secondary N) is 1. The van der Waals surface area contributed by atoms with Crippen LogP contribution >= 0.6 is 0 Å². The van der Waals surface area contributed by atoms with Crippen LogP contribution in [0.1, 0.15) is 54.3 Å². The smallest absolute Gasteiger partial charge is 0.257 e. The number of likely N-dealkylation sites (N-methyl/N-ethyl adjacent to an activating group) is 1. The molecule has 0 radical (unpaired) electrons. The van der Waals surface area contributed by atoms with Gasteiger partial charge < -0.3 is 24.6 Å². The quantitative estimate of drug-likeness (QED) is 0.680. The standard InChI is InChI=1S/C27H36N4O5/c1-6-7-25(32)29-21-8-9-22-23(14-21)36-17-19(3)31(26(33)20-10-12-28-13-11-20)15-18(2)24(35-5)16-30(4)27(22)34/h8-14,18-19,24H,6-7,15-17H2,1-5H3,(H,29,32)/t18-,19-,24+/m1/s1. The number of pyridine rings is 1. The lowest BCUT2D eigenvalue weighted by molar-refractivity contribution is -0.116. The third-order valence-corrected chi connectivity index (χ3v) is 6.40. The Morgan fingerprint density at radius 2 is 1.89 bits per heavy atom. The summed E-state index contributed by atoms with van der Waals surface area (Å²) in [5.74, 6) is -0.130. The van der Waals surface area contributed by atoms with E-state index in [-0.39, 0.29) is 42.4 Å². The van der Waals surface area contributed by atoms with Crippen molar-refractivity contribution in [3.63, 3.8) is 0 Å². The first-order valence-corrected chi connectivity index (χ1v) is 12.3. The monoisotopic (exact) mass is 496 g/mol. The predicted molar refractivity (Wildman–Crippen MR) is 137 cm³/mol. The summed E-state index contributed by atoms with van der Waals surface area (Å²) in [6.07, 6.45) is 4.04. The summed E-state index contributed by atoms with van der Waals surface area (Å²) in [4.78, 5) is 46.3. The minimum atomic E-state index is -0.302. The summed E-state index contributed by atoms with van der Waals surface area (Å²) in [6, 6.07) is 8.11. The number of benzene rings is 1. The van der Waals surface area contributed by atoms with Crippen molar-refractivity contribution in [3.8, 4) is 5.75 Å². The lowest BCUT2D eigenvalue weighted by atomic mass is 10.0. The van der Waals surface area contributed by atoms with Gasteiger partial charge in [0.2, 0.25) is 5.91 Å². The second kappa shape index (κ2) is 12.5. The zero-order chi connectivity index (χ0) is 26.2. The first-order valence-electron chi connectivity index (χ1n) is 12.3. The molecule has 3 rings (SSSR count). The number of methoxy groups -OCH3 is 1. The van der Waals surface area contributed by atoms with Gasteiger partial charge in [0.15, 0.2) is 0 Å². The van der Waals surface area contributed by atoms with Gasteiger partial charge in [0.05, 0.1) is 17.7 Å². The van der Waals surface area contributed by atoms with Crippen molar-refractivity contribution in [2.24, 2.45) is 5.92 Å². The number of amides is 3. The van der Waals surface area contributed by atoms with Crippen LogP contribution in [0, 0.1) is 5.92 Å². The number of nitrogens with zero attached hydrogens (tertiary/aromatic N) is 3. The number of rotatable bonds is 5. The number of hydrogen-bond acceptors (Lipinski definition) is 6. The van der Waals surface area contributed by atoms with Gasteiger partial charge in [-0.15, -0.1) is 0 Å². The van der Waals surface area contributed by atoms with Crippen LogP contribution in [0.3, 0.4) is 0 Å². The van der Waals surface area contributed by atoms with Crippen LogP contribution in [-0.4, -0.2) is 78.5 Å². The van der Waals surface area contributed by atoms with Crippen LogP contribution in [-0.2, 0) is 9.53 Å². The Morgan fingerprint density at radius 1 is 1.17 bits per heavy atom. The number of carbonyl (C=O) groups is 3. The fourth-order valence-electron chi connectivity index (χ4n) is 4.24. The van der Waals surface area contributed by atoms with Crippen LogP contribution in [0.15, 0.2) is 42.7 Å². The molecule has 9 heteroatoms. The number of hydrogen-bond donors (Lipinski definition) is 1. The number of anilines is 1. The minimum Gasteiger partial charge on any atom is -0.491 e. The van der Waals surface area contributed by atoms with Gasteiger partial charge in [-0.05, 0) is 37.6 Å². The van der Waals surface area contributed by atoms with E-state index >= 15 is 0 Å². The molecular formula is C27H36N4O5. The van der Waals surface area contributed by atoms with Gasteiger partial charge in [-0.25, -0.2) is 0 Å². The average molecular weight is 497 g/mol. The van der Waals surface area contributed by atoms with Crippen molar-refractivity contribution in [1.29, 1.82) is 0 Å². The van der Waals surface area contributed by atoms with E-state index in [1.165, 1.54) is 0 Å². The third kappa shape index (κ3) is 6.60. The van der Waals surface area contributed by atoms with Crippen molar-refractivity contribution in [1.82, 2.24) is 14.8 Å². The second-order valence-corrected chi connectivity index (χ2v) is 9.30. The van der Waals surface area contributed by atoms with Crippen LogP contribution in [0.5, 0.6) is 5.75 Å². The van der Waals surface area contributed by atoms with Gasteiger partial charge in [0.1, 0.15) is 12.4 Å². The Balaban J connectivity index is 1.97. The topological polar surface area (TPSA) is 101 Å². The zero-order valence-electron chi connectivity index (χ0n) is 21.7. The summed E-state index contributed by atoms with van der Waals surface area (Å²) in [5.41, 5.74) is 1.47. The maximum atomic E-state index is 13.5. The van der Waals surface area contributed by atoms with Crippen molar-refractivity contribution in [3.05, 3.63) is 53.9 Å².